The highest BCUT2D eigenvalue weighted by molar-refractivity contribution is 5.60. The first kappa shape index (κ1) is 10.2. The van der Waals surface area contributed by atoms with Crippen LogP contribution in [0.2, 0.25) is 0 Å². The summed E-state index contributed by atoms with van der Waals surface area (Å²) in [6.45, 7) is 0.954. The van der Waals surface area contributed by atoms with Gasteiger partial charge in [0.05, 0.1) is 0 Å². The minimum absolute atomic E-state index is 0.324. The van der Waals surface area contributed by atoms with Crippen LogP contribution in [0.1, 0.15) is 23.5 Å². The quantitative estimate of drug-likeness (QED) is 0.780. The molecule has 0 aliphatic carbocycles. The van der Waals surface area contributed by atoms with Crippen molar-refractivity contribution in [3.05, 3.63) is 59.7 Å². The molecule has 2 heteroatoms. The van der Waals surface area contributed by atoms with Crippen LogP contribution in [-0.4, -0.2) is 11.7 Å². The second-order valence-corrected chi connectivity index (χ2v) is 4.45. The maximum atomic E-state index is 9.51. The number of phenolic OH excluding ortho intramolecular Hbond substituents is 1. The molecule has 0 fully saturated rings. The standard InChI is InChI=1S/C15H15NO/c17-12-6-7-14-13(8-9-16-15(14)10-12)11-4-2-1-3-5-11/h1-7,10,13,16-17H,8-9H2. The van der Waals surface area contributed by atoms with E-state index >= 15 is 0 Å². The van der Waals surface area contributed by atoms with E-state index in [1.54, 1.807) is 6.07 Å². The molecule has 17 heavy (non-hydrogen) atoms. The van der Waals surface area contributed by atoms with Crippen LogP contribution in [0, 0.1) is 0 Å². The Balaban J connectivity index is 2.06. The minimum Gasteiger partial charge on any atom is -0.508 e. The van der Waals surface area contributed by atoms with Gasteiger partial charge in [0.25, 0.3) is 0 Å². The summed E-state index contributed by atoms with van der Waals surface area (Å²) < 4.78 is 0. The van der Waals surface area contributed by atoms with E-state index in [9.17, 15) is 5.11 Å². The normalized spacial score (nSPS) is 18.2. The lowest BCUT2D eigenvalue weighted by Crippen LogP contribution is -2.17. The summed E-state index contributed by atoms with van der Waals surface area (Å²) in [5.41, 5.74) is 3.69. The van der Waals surface area contributed by atoms with Crippen molar-refractivity contribution in [2.75, 3.05) is 11.9 Å². The number of aromatic hydroxyl groups is 1. The topological polar surface area (TPSA) is 32.3 Å². The Bertz CT molecular complexity index is 522. The highest BCUT2D eigenvalue weighted by atomic mass is 16.3. The first-order chi connectivity index (χ1) is 8.34. The summed E-state index contributed by atoms with van der Waals surface area (Å²) in [5, 5.41) is 12.8. The predicted octanol–water partition coefficient (Wildman–Crippen LogP) is 3.34. The zero-order valence-electron chi connectivity index (χ0n) is 9.56. The number of phenols is 1. The zero-order chi connectivity index (χ0) is 11.7. The smallest absolute Gasteiger partial charge is 0.117 e. The molecule has 2 aromatic carbocycles. The van der Waals surface area contributed by atoms with Crippen molar-refractivity contribution in [3.8, 4) is 5.75 Å². The molecule has 1 heterocycles. The predicted molar refractivity (Wildman–Crippen MR) is 69.5 cm³/mol. The average Bonchev–Trinajstić information content (AvgIpc) is 2.39. The van der Waals surface area contributed by atoms with Gasteiger partial charge in [0.1, 0.15) is 5.75 Å². The Kier molecular flexibility index (Phi) is 2.48. The maximum Gasteiger partial charge on any atom is 0.117 e. The van der Waals surface area contributed by atoms with Crippen molar-refractivity contribution in [2.24, 2.45) is 0 Å². The third-order valence-electron chi connectivity index (χ3n) is 3.36. The molecule has 0 aromatic heterocycles. The van der Waals surface area contributed by atoms with Crippen LogP contribution >= 0.6 is 0 Å². The van der Waals surface area contributed by atoms with Crippen molar-refractivity contribution in [1.29, 1.82) is 0 Å². The Hall–Kier alpha value is -1.96. The molecule has 2 N–H and O–H groups in total. The van der Waals surface area contributed by atoms with Gasteiger partial charge in [-0.05, 0) is 23.6 Å². The Morgan fingerprint density at radius 1 is 1.06 bits per heavy atom. The molecule has 3 rings (SSSR count). The van der Waals surface area contributed by atoms with E-state index in [1.807, 2.05) is 18.2 Å². The van der Waals surface area contributed by atoms with E-state index in [4.69, 9.17) is 0 Å². The number of anilines is 1. The van der Waals surface area contributed by atoms with Gasteiger partial charge in [-0.1, -0.05) is 36.4 Å². The van der Waals surface area contributed by atoms with Gasteiger partial charge in [-0.3, -0.25) is 0 Å². The van der Waals surface area contributed by atoms with E-state index in [1.165, 1.54) is 11.1 Å². The summed E-state index contributed by atoms with van der Waals surface area (Å²) >= 11 is 0. The van der Waals surface area contributed by atoms with Gasteiger partial charge < -0.3 is 10.4 Å². The Morgan fingerprint density at radius 2 is 1.88 bits per heavy atom. The monoisotopic (exact) mass is 225 g/mol. The van der Waals surface area contributed by atoms with Gasteiger partial charge in [-0.2, -0.15) is 0 Å². The fraction of sp³-hybridized carbons (Fsp3) is 0.200. The largest absolute Gasteiger partial charge is 0.508 e. The number of rotatable bonds is 1. The fourth-order valence-electron chi connectivity index (χ4n) is 2.54. The van der Waals surface area contributed by atoms with Crippen LogP contribution < -0.4 is 5.32 Å². The maximum absolute atomic E-state index is 9.51. The molecule has 1 aliphatic rings. The van der Waals surface area contributed by atoms with Gasteiger partial charge >= 0.3 is 0 Å². The van der Waals surface area contributed by atoms with Gasteiger partial charge in [0, 0.05) is 24.2 Å². The lowest BCUT2D eigenvalue weighted by molar-refractivity contribution is 0.475. The van der Waals surface area contributed by atoms with Gasteiger partial charge in [-0.25, -0.2) is 0 Å². The molecular weight excluding hydrogens is 210 g/mol. The van der Waals surface area contributed by atoms with E-state index in [0.29, 0.717) is 11.7 Å². The second kappa shape index (κ2) is 4.13. The third-order valence-corrected chi connectivity index (χ3v) is 3.36. The number of fused-ring (bicyclic) bond motifs is 1. The molecule has 0 spiro atoms. The van der Waals surface area contributed by atoms with Gasteiger partial charge in [0.15, 0.2) is 0 Å². The van der Waals surface area contributed by atoms with Crippen molar-refractivity contribution in [2.45, 2.75) is 12.3 Å². The fourth-order valence-corrected chi connectivity index (χ4v) is 2.54. The molecule has 0 saturated heterocycles. The van der Waals surface area contributed by atoms with Crippen molar-refractivity contribution >= 4 is 5.69 Å². The summed E-state index contributed by atoms with van der Waals surface area (Å²) in [4.78, 5) is 0. The van der Waals surface area contributed by atoms with Crippen LogP contribution in [0.3, 0.4) is 0 Å². The molecule has 0 radical (unpaired) electrons. The molecule has 0 saturated carbocycles. The van der Waals surface area contributed by atoms with Crippen LogP contribution in [0.4, 0.5) is 5.69 Å². The van der Waals surface area contributed by atoms with Crippen LogP contribution in [-0.2, 0) is 0 Å². The summed E-state index contributed by atoms with van der Waals surface area (Å²) in [6.07, 6.45) is 1.10. The Labute approximate surface area is 101 Å². The molecule has 0 bridgehead atoms. The lowest BCUT2D eigenvalue weighted by Gasteiger charge is -2.27. The highest BCUT2D eigenvalue weighted by Gasteiger charge is 2.21. The molecule has 1 aliphatic heterocycles. The van der Waals surface area contributed by atoms with Crippen molar-refractivity contribution in [3.63, 3.8) is 0 Å². The lowest BCUT2D eigenvalue weighted by atomic mass is 9.85. The van der Waals surface area contributed by atoms with E-state index in [2.05, 4.69) is 29.6 Å². The molecule has 2 aromatic rings. The first-order valence-corrected chi connectivity index (χ1v) is 5.96. The number of hydrogen-bond donors (Lipinski definition) is 2. The molecule has 0 amide bonds. The average molecular weight is 225 g/mol. The molecule has 1 unspecified atom stereocenters. The number of hydrogen-bond acceptors (Lipinski definition) is 2. The molecule has 2 nitrogen and oxygen atoms in total. The zero-order valence-corrected chi connectivity index (χ0v) is 9.56. The van der Waals surface area contributed by atoms with Crippen molar-refractivity contribution < 1.29 is 5.11 Å². The first-order valence-electron chi connectivity index (χ1n) is 5.96. The highest BCUT2D eigenvalue weighted by Crippen LogP contribution is 2.37. The number of nitrogens with one attached hydrogen (secondary N) is 1. The molecule has 86 valence electrons. The van der Waals surface area contributed by atoms with E-state index in [0.717, 1.165) is 18.7 Å². The van der Waals surface area contributed by atoms with Crippen LogP contribution in [0.15, 0.2) is 48.5 Å². The van der Waals surface area contributed by atoms with Gasteiger partial charge in [0.2, 0.25) is 0 Å². The van der Waals surface area contributed by atoms with Crippen LogP contribution in [0.5, 0.6) is 5.75 Å². The van der Waals surface area contributed by atoms with E-state index < -0.39 is 0 Å². The van der Waals surface area contributed by atoms with Crippen LogP contribution in [0.25, 0.3) is 0 Å². The summed E-state index contributed by atoms with van der Waals surface area (Å²) in [5.74, 6) is 0.762. The molecular formula is C15H15NO. The Morgan fingerprint density at radius 3 is 2.71 bits per heavy atom. The number of benzene rings is 2. The minimum atomic E-state index is 0.324. The third kappa shape index (κ3) is 1.86. The van der Waals surface area contributed by atoms with Gasteiger partial charge in [-0.15, -0.1) is 0 Å². The summed E-state index contributed by atoms with van der Waals surface area (Å²) in [7, 11) is 0. The SMILES string of the molecule is Oc1ccc2c(c1)NCCC2c1ccccc1. The van der Waals surface area contributed by atoms with Crippen molar-refractivity contribution in [1.82, 2.24) is 0 Å². The second-order valence-electron chi connectivity index (χ2n) is 4.45. The van der Waals surface area contributed by atoms with E-state index in [-0.39, 0.29) is 0 Å². The molecule has 1 atom stereocenters. The summed E-state index contributed by atoms with van der Waals surface area (Å²) in [6, 6.07) is 16.1.